The third-order valence-electron chi connectivity index (χ3n) is 2.29. The Morgan fingerprint density at radius 3 is 2.83 bits per heavy atom. The van der Waals surface area contributed by atoms with Crippen LogP contribution < -0.4 is 10.5 Å². The predicted molar refractivity (Wildman–Crippen MR) is 71.8 cm³/mol. The molecule has 1 aromatic carbocycles. The number of nitriles is 1. The number of nitrogens with two attached hydrogens (primary N) is 1. The molecule has 0 bridgehead atoms. The van der Waals surface area contributed by atoms with Crippen LogP contribution in [0.25, 0.3) is 0 Å². The third-order valence-corrected chi connectivity index (χ3v) is 2.76. The quantitative estimate of drug-likeness (QED) is 0.885. The van der Waals surface area contributed by atoms with Crippen LogP contribution in [0.4, 0.5) is 5.69 Å². The van der Waals surface area contributed by atoms with E-state index in [0.717, 1.165) is 10.2 Å². The summed E-state index contributed by atoms with van der Waals surface area (Å²) in [6, 6.07) is 10.8. The van der Waals surface area contributed by atoms with Crippen LogP contribution in [0.2, 0.25) is 0 Å². The van der Waals surface area contributed by atoms with Crippen LogP contribution in [0.5, 0.6) is 5.75 Å². The second-order valence-corrected chi connectivity index (χ2v) is 4.54. The van der Waals surface area contributed by atoms with Crippen molar-refractivity contribution in [3.63, 3.8) is 0 Å². The zero-order valence-corrected chi connectivity index (χ0v) is 11.0. The minimum atomic E-state index is 0.311. The van der Waals surface area contributed by atoms with E-state index in [9.17, 15) is 0 Å². The van der Waals surface area contributed by atoms with Crippen molar-refractivity contribution < 1.29 is 4.74 Å². The highest BCUT2D eigenvalue weighted by molar-refractivity contribution is 9.10. The number of aromatic nitrogens is 1. The topological polar surface area (TPSA) is 71.9 Å². The molecule has 0 atom stereocenters. The molecule has 0 spiro atoms. The van der Waals surface area contributed by atoms with Crippen molar-refractivity contribution in [2.75, 3.05) is 5.73 Å². The van der Waals surface area contributed by atoms with Gasteiger partial charge in [-0.3, -0.25) is 4.98 Å². The number of rotatable bonds is 3. The standard InChI is InChI=1S/C13H10BrN3O/c14-10-1-3-12(17-7-10)8-18-13-4-2-11(16)5-9(13)6-15/h1-5,7H,8,16H2. The summed E-state index contributed by atoms with van der Waals surface area (Å²) < 4.78 is 6.47. The van der Waals surface area contributed by atoms with Crippen molar-refractivity contribution in [1.29, 1.82) is 5.26 Å². The molecule has 18 heavy (non-hydrogen) atoms. The zero-order chi connectivity index (χ0) is 13.0. The first-order valence-electron chi connectivity index (χ1n) is 5.22. The van der Waals surface area contributed by atoms with Gasteiger partial charge in [-0.25, -0.2) is 0 Å². The summed E-state index contributed by atoms with van der Waals surface area (Å²) in [4.78, 5) is 4.19. The molecule has 0 saturated heterocycles. The summed E-state index contributed by atoms with van der Waals surface area (Å²) >= 11 is 3.31. The highest BCUT2D eigenvalue weighted by Crippen LogP contribution is 2.21. The van der Waals surface area contributed by atoms with E-state index in [2.05, 4.69) is 20.9 Å². The van der Waals surface area contributed by atoms with E-state index in [4.69, 9.17) is 15.7 Å². The van der Waals surface area contributed by atoms with Crippen LogP contribution in [0.15, 0.2) is 41.0 Å². The largest absolute Gasteiger partial charge is 0.486 e. The maximum absolute atomic E-state index is 8.97. The lowest BCUT2D eigenvalue weighted by atomic mass is 10.2. The molecule has 0 aliphatic carbocycles. The monoisotopic (exact) mass is 303 g/mol. The number of pyridine rings is 1. The van der Waals surface area contributed by atoms with E-state index < -0.39 is 0 Å². The first-order chi connectivity index (χ1) is 8.69. The normalized spacial score (nSPS) is 9.78. The van der Waals surface area contributed by atoms with E-state index in [0.29, 0.717) is 23.6 Å². The Bertz CT molecular complexity index is 590. The second-order valence-electron chi connectivity index (χ2n) is 3.62. The van der Waals surface area contributed by atoms with Crippen molar-refractivity contribution >= 4 is 21.6 Å². The first-order valence-corrected chi connectivity index (χ1v) is 6.01. The molecule has 0 aliphatic heterocycles. The third kappa shape index (κ3) is 2.99. The smallest absolute Gasteiger partial charge is 0.137 e. The first kappa shape index (κ1) is 12.4. The van der Waals surface area contributed by atoms with Crippen molar-refractivity contribution in [2.45, 2.75) is 6.61 Å². The molecule has 0 radical (unpaired) electrons. The summed E-state index contributed by atoms with van der Waals surface area (Å²) in [6.07, 6.45) is 1.70. The van der Waals surface area contributed by atoms with Gasteiger partial charge in [0, 0.05) is 16.4 Å². The summed E-state index contributed by atoms with van der Waals surface area (Å²) in [5, 5.41) is 8.97. The van der Waals surface area contributed by atoms with E-state index in [1.165, 1.54) is 0 Å². The van der Waals surface area contributed by atoms with Crippen molar-refractivity contribution in [2.24, 2.45) is 0 Å². The number of hydrogen-bond donors (Lipinski definition) is 1. The predicted octanol–water partition coefficient (Wildman–Crippen LogP) is 2.88. The maximum atomic E-state index is 8.97. The van der Waals surface area contributed by atoms with Gasteiger partial charge < -0.3 is 10.5 Å². The van der Waals surface area contributed by atoms with Gasteiger partial charge in [0.25, 0.3) is 0 Å². The molecule has 0 amide bonds. The fourth-order valence-corrected chi connectivity index (χ4v) is 1.64. The SMILES string of the molecule is N#Cc1cc(N)ccc1OCc1ccc(Br)cn1. The van der Waals surface area contributed by atoms with E-state index in [-0.39, 0.29) is 0 Å². The lowest BCUT2D eigenvalue weighted by Crippen LogP contribution is -2.00. The van der Waals surface area contributed by atoms with Crippen LogP contribution in [0.3, 0.4) is 0 Å². The summed E-state index contributed by atoms with van der Waals surface area (Å²) in [5.41, 5.74) is 7.36. The molecular formula is C13H10BrN3O. The highest BCUT2D eigenvalue weighted by Gasteiger charge is 2.04. The van der Waals surface area contributed by atoms with Gasteiger partial charge in [-0.05, 0) is 46.3 Å². The number of anilines is 1. The van der Waals surface area contributed by atoms with Crippen molar-refractivity contribution in [3.05, 3.63) is 52.3 Å². The molecular weight excluding hydrogens is 294 g/mol. The lowest BCUT2D eigenvalue weighted by molar-refractivity contribution is 0.300. The fraction of sp³-hybridized carbons (Fsp3) is 0.0769. The molecule has 2 aromatic rings. The van der Waals surface area contributed by atoms with Gasteiger partial charge >= 0.3 is 0 Å². The Balaban J connectivity index is 2.11. The number of ether oxygens (including phenoxy) is 1. The Kier molecular flexibility index (Phi) is 3.80. The van der Waals surface area contributed by atoms with Gasteiger partial charge in [0.05, 0.1) is 11.3 Å². The van der Waals surface area contributed by atoms with E-state index in [1.807, 2.05) is 18.2 Å². The van der Waals surface area contributed by atoms with Gasteiger partial charge in [0.15, 0.2) is 0 Å². The van der Waals surface area contributed by atoms with Gasteiger partial charge in [0.2, 0.25) is 0 Å². The summed E-state index contributed by atoms with van der Waals surface area (Å²) in [7, 11) is 0. The number of halogens is 1. The van der Waals surface area contributed by atoms with Crippen LogP contribution in [-0.4, -0.2) is 4.98 Å². The molecule has 0 aliphatic rings. The van der Waals surface area contributed by atoms with Crippen LogP contribution in [0, 0.1) is 11.3 Å². The summed E-state index contributed by atoms with van der Waals surface area (Å²) in [5.74, 6) is 0.511. The number of benzene rings is 1. The zero-order valence-electron chi connectivity index (χ0n) is 9.43. The Morgan fingerprint density at radius 1 is 1.33 bits per heavy atom. The molecule has 2 N–H and O–H groups in total. The van der Waals surface area contributed by atoms with E-state index >= 15 is 0 Å². The van der Waals surface area contributed by atoms with Crippen LogP contribution in [0.1, 0.15) is 11.3 Å². The van der Waals surface area contributed by atoms with Crippen molar-refractivity contribution in [1.82, 2.24) is 4.98 Å². The van der Waals surface area contributed by atoms with Gasteiger partial charge in [-0.15, -0.1) is 0 Å². The maximum Gasteiger partial charge on any atom is 0.137 e. The number of nitrogens with zero attached hydrogens (tertiary/aromatic N) is 2. The molecule has 0 fully saturated rings. The molecule has 1 aromatic heterocycles. The van der Waals surface area contributed by atoms with Gasteiger partial charge in [0.1, 0.15) is 18.4 Å². The molecule has 2 rings (SSSR count). The van der Waals surface area contributed by atoms with Crippen molar-refractivity contribution in [3.8, 4) is 11.8 Å². The minimum Gasteiger partial charge on any atom is -0.486 e. The number of hydrogen-bond acceptors (Lipinski definition) is 4. The van der Waals surface area contributed by atoms with Gasteiger partial charge in [-0.2, -0.15) is 5.26 Å². The molecule has 4 nitrogen and oxygen atoms in total. The average Bonchev–Trinajstić information content (AvgIpc) is 2.39. The fourth-order valence-electron chi connectivity index (χ4n) is 1.40. The van der Waals surface area contributed by atoms with E-state index in [1.54, 1.807) is 24.4 Å². The molecule has 0 unspecified atom stereocenters. The molecule has 1 heterocycles. The molecule has 5 heteroatoms. The molecule has 90 valence electrons. The Morgan fingerprint density at radius 2 is 2.17 bits per heavy atom. The summed E-state index contributed by atoms with van der Waals surface area (Å²) in [6.45, 7) is 0.311. The Labute approximate surface area is 113 Å². The Hall–Kier alpha value is -2.06. The van der Waals surface area contributed by atoms with Crippen LogP contribution >= 0.6 is 15.9 Å². The van der Waals surface area contributed by atoms with Gasteiger partial charge in [-0.1, -0.05) is 0 Å². The average molecular weight is 304 g/mol. The minimum absolute atomic E-state index is 0.311. The second kappa shape index (κ2) is 5.52. The van der Waals surface area contributed by atoms with Crippen LogP contribution in [-0.2, 0) is 6.61 Å². The number of nitrogen functional groups attached to an aromatic ring is 1. The lowest BCUT2D eigenvalue weighted by Gasteiger charge is -2.07. The molecule has 0 saturated carbocycles. The highest BCUT2D eigenvalue weighted by atomic mass is 79.9.